The highest BCUT2D eigenvalue weighted by molar-refractivity contribution is 5.15. The van der Waals surface area contributed by atoms with Crippen LogP contribution in [0.3, 0.4) is 0 Å². The smallest absolute Gasteiger partial charge is 0.101 e. The summed E-state index contributed by atoms with van der Waals surface area (Å²) in [5.74, 6) is 0. The van der Waals surface area contributed by atoms with Gasteiger partial charge in [0, 0.05) is 18.7 Å². The molecule has 0 radical (unpaired) electrons. The highest BCUT2D eigenvalue weighted by Gasteiger charge is 2.17. The number of hydrogen-bond donors (Lipinski definition) is 2. The zero-order valence-electron chi connectivity index (χ0n) is 7.99. The molecule has 13 heavy (non-hydrogen) atoms. The Kier molecular flexibility index (Phi) is 3.01. The number of aliphatic hydroxyl groups excluding tert-OH is 1. The minimum absolute atomic E-state index is 0.0856. The summed E-state index contributed by atoms with van der Waals surface area (Å²) in [6.45, 7) is 3.47. The maximum atomic E-state index is 9.66. The van der Waals surface area contributed by atoms with E-state index >= 15 is 0 Å². The molecular formula is C10H15NO2. The van der Waals surface area contributed by atoms with Crippen molar-refractivity contribution in [2.45, 2.75) is 25.9 Å². The van der Waals surface area contributed by atoms with E-state index in [0.29, 0.717) is 12.1 Å². The van der Waals surface area contributed by atoms with Gasteiger partial charge in [-0.3, -0.25) is 4.98 Å². The van der Waals surface area contributed by atoms with E-state index in [-0.39, 0.29) is 6.61 Å². The number of pyridine rings is 1. The first kappa shape index (κ1) is 10.2. The Hall–Kier alpha value is -0.930. The van der Waals surface area contributed by atoms with Crippen molar-refractivity contribution in [2.24, 2.45) is 0 Å². The molecule has 0 saturated heterocycles. The zero-order chi connectivity index (χ0) is 9.90. The summed E-state index contributed by atoms with van der Waals surface area (Å²) in [4.78, 5) is 4.22. The maximum absolute atomic E-state index is 9.66. The fourth-order valence-corrected chi connectivity index (χ4v) is 1.07. The largest absolute Gasteiger partial charge is 0.396 e. The molecular weight excluding hydrogens is 166 g/mol. The lowest BCUT2D eigenvalue weighted by molar-refractivity contribution is 0.0735. The van der Waals surface area contributed by atoms with Crippen molar-refractivity contribution in [1.82, 2.24) is 4.98 Å². The van der Waals surface area contributed by atoms with Gasteiger partial charge in [-0.1, -0.05) is 6.07 Å². The van der Waals surface area contributed by atoms with Crippen molar-refractivity contribution >= 4 is 0 Å². The molecule has 0 amide bonds. The summed E-state index contributed by atoms with van der Waals surface area (Å²) in [6, 6.07) is 5.46. The SMILES string of the molecule is CC(C)(O)c1cccc(CCO)n1. The van der Waals surface area contributed by atoms with Crippen LogP contribution in [0.1, 0.15) is 25.2 Å². The van der Waals surface area contributed by atoms with E-state index in [2.05, 4.69) is 4.98 Å². The Morgan fingerprint density at radius 3 is 2.62 bits per heavy atom. The van der Waals surface area contributed by atoms with Crippen LogP contribution in [-0.2, 0) is 12.0 Å². The molecule has 0 atom stereocenters. The molecule has 0 aliphatic heterocycles. The fraction of sp³-hybridized carbons (Fsp3) is 0.500. The van der Waals surface area contributed by atoms with Gasteiger partial charge in [-0.15, -0.1) is 0 Å². The molecule has 0 aliphatic carbocycles. The Balaban J connectivity index is 2.92. The normalized spacial score (nSPS) is 11.7. The van der Waals surface area contributed by atoms with Crippen LogP contribution in [0.4, 0.5) is 0 Å². The average Bonchev–Trinajstić information content (AvgIpc) is 2.04. The van der Waals surface area contributed by atoms with Crippen LogP contribution in [-0.4, -0.2) is 21.8 Å². The zero-order valence-corrected chi connectivity index (χ0v) is 7.99. The predicted octanol–water partition coefficient (Wildman–Crippen LogP) is 0.844. The molecule has 0 saturated carbocycles. The van der Waals surface area contributed by atoms with Gasteiger partial charge in [-0.2, -0.15) is 0 Å². The van der Waals surface area contributed by atoms with Gasteiger partial charge >= 0.3 is 0 Å². The second-order valence-electron chi connectivity index (χ2n) is 3.55. The molecule has 1 rings (SSSR count). The van der Waals surface area contributed by atoms with Gasteiger partial charge in [0.25, 0.3) is 0 Å². The first-order valence-corrected chi connectivity index (χ1v) is 4.33. The van der Waals surface area contributed by atoms with E-state index in [1.807, 2.05) is 12.1 Å². The van der Waals surface area contributed by atoms with Crippen LogP contribution in [0.5, 0.6) is 0 Å². The molecule has 1 heterocycles. The Labute approximate surface area is 78.1 Å². The molecule has 2 N–H and O–H groups in total. The van der Waals surface area contributed by atoms with Crippen molar-refractivity contribution < 1.29 is 10.2 Å². The average molecular weight is 181 g/mol. The first-order chi connectivity index (χ1) is 6.04. The molecule has 3 nitrogen and oxygen atoms in total. The quantitative estimate of drug-likeness (QED) is 0.726. The summed E-state index contributed by atoms with van der Waals surface area (Å²) in [5, 5.41) is 18.4. The molecule has 1 aromatic rings. The highest BCUT2D eigenvalue weighted by Crippen LogP contribution is 2.16. The predicted molar refractivity (Wildman–Crippen MR) is 50.3 cm³/mol. The minimum atomic E-state index is -0.911. The number of nitrogens with zero attached hydrogens (tertiary/aromatic N) is 1. The van der Waals surface area contributed by atoms with E-state index in [1.54, 1.807) is 19.9 Å². The van der Waals surface area contributed by atoms with Crippen LogP contribution >= 0.6 is 0 Å². The molecule has 1 aromatic heterocycles. The Bertz CT molecular complexity index is 278. The molecule has 72 valence electrons. The van der Waals surface area contributed by atoms with E-state index in [0.717, 1.165) is 5.69 Å². The topological polar surface area (TPSA) is 53.4 Å². The van der Waals surface area contributed by atoms with Gasteiger partial charge in [0.15, 0.2) is 0 Å². The second-order valence-corrected chi connectivity index (χ2v) is 3.55. The molecule has 0 aliphatic rings. The van der Waals surface area contributed by atoms with Crippen molar-refractivity contribution in [3.8, 4) is 0 Å². The van der Waals surface area contributed by atoms with Crippen molar-refractivity contribution in [3.63, 3.8) is 0 Å². The van der Waals surface area contributed by atoms with Crippen molar-refractivity contribution in [2.75, 3.05) is 6.61 Å². The van der Waals surface area contributed by atoms with Gasteiger partial charge in [0.1, 0.15) is 5.60 Å². The fourth-order valence-electron chi connectivity index (χ4n) is 1.07. The summed E-state index contributed by atoms with van der Waals surface area (Å²) >= 11 is 0. The van der Waals surface area contributed by atoms with Gasteiger partial charge in [-0.05, 0) is 26.0 Å². The van der Waals surface area contributed by atoms with E-state index < -0.39 is 5.60 Å². The summed E-state index contributed by atoms with van der Waals surface area (Å²) in [7, 11) is 0. The van der Waals surface area contributed by atoms with Gasteiger partial charge in [0.2, 0.25) is 0 Å². The molecule has 0 fully saturated rings. The Morgan fingerprint density at radius 1 is 1.38 bits per heavy atom. The molecule has 3 heteroatoms. The van der Waals surface area contributed by atoms with E-state index in [1.165, 1.54) is 0 Å². The second kappa shape index (κ2) is 3.85. The van der Waals surface area contributed by atoms with Crippen LogP contribution in [0.2, 0.25) is 0 Å². The lowest BCUT2D eigenvalue weighted by Gasteiger charge is -2.16. The van der Waals surface area contributed by atoms with Crippen LogP contribution in [0.25, 0.3) is 0 Å². The molecule has 0 unspecified atom stereocenters. The summed E-state index contributed by atoms with van der Waals surface area (Å²) in [5.41, 5.74) is 0.534. The van der Waals surface area contributed by atoms with Crippen LogP contribution in [0, 0.1) is 0 Å². The van der Waals surface area contributed by atoms with Crippen LogP contribution < -0.4 is 0 Å². The third-order valence-corrected chi connectivity index (χ3v) is 1.80. The third-order valence-electron chi connectivity index (χ3n) is 1.80. The van der Waals surface area contributed by atoms with Gasteiger partial charge in [-0.25, -0.2) is 0 Å². The standard InChI is InChI=1S/C10H15NO2/c1-10(2,13)9-5-3-4-8(11-9)6-7-12/h3-5,12-13H,6-7H2,1-2H3. The Morgan fingerprint density at radius 2 is 2.08 bits per heavy atom. The molecule has 0 bridgehead atoms. The number of aromatic nitrogens is 1. The monoisotopic (exact) mass is 181 g/mol. The van der Waals surface area contributed by atoms with Gasteiger partial charge < -0.3 is 10.2 Å². The lowest BCUT2D eigenvalue weighted by Crippen LogP contribution is -2.18. The third kappa shape index (κ3) is 2.79. The lowest BCUT2D eigenvalue weighted by atomic mass is 10.0. The maximum Gasteiger partial charge on any atom is 0.101 e. The minimum Gasteiger partial charge on any atom is -0.396 e. The van der Waals surface area contributed by atoms with Crippen molar-refractivity contribution in [3.05, 3.63) is 29.6 Å². The van der Waals surface area contributed by atoms with Crippen molar-refractivity contribution in [1.29, 1.82) is 0 Å². The summed E-state index contributed by atoms with van der Waals surface area (Å²) < 4.78 is 0. The number of hydrogen-bond acceptors (Lipinski definition) is 3. The van der Waals surface area contributed by atoms with Crippen LogP contribution in [0.15, 0.2) is 18.2 Å². The van der Waals surface area contributed by atoms with Gasteiger partial charge in [0.05, 0.1) is 5.69 Å². The summed E-state index contributed by atoms with van der Waals surface area (Å²) in [6.07, 6.45) is 0.532. The number of aliphatic hydroxyl groups is 2. The number of rotatable bonds is 3. The molecule has 0 aromatic carbocycles. The molecule has 0 spiro atoms. The first-order valence-electron chi connectivity index (χ1n) is 4.33. The highest BCUT2D eigenvalue weighted by atomic mass is 16.3. The van der Waals surface area contributed by atoms with E-state index in [4.69, 9.17) is 5.11 Å². The van der Waals surface area contributed by atoms with E-state index in [9.17, 15) is 5.11 Å².